The molecule has 4 nitrogen and oxygen atoms in total. The summed E-state index contributed by atoms with van der Waals surface area (Å²) in [6.45, 7) is 0.198. The normalized spacial score (nSPS) is 23.2. The maximum atomic E-state index is 12.5. The molecular formula is C13H20F3NO3. The topological polar surface area (TPSA) is 55.4 Å². The summed E-state index contributed by atoms with van der Waals surface area (Å²) < 4.78 is 41.9. The zero-order valence-electron chi connectivity index (χ0n) is 11.5. The second-order valence-electron chi connectivity index (χ2n) is 5.14. The largest absolute Gasteiger partial charge is 0.469 e. The van der Waals surface area contributed by atoms with Gasteiger partial charge in [0.15, 0.2) is 0 Å². The molecule has 0 saturated heterocycles. The molecule has 1 amide bonds. The van der Waals surface area contributed by atoms with Gasteiger partial charge in [-0.2, -0.15) is 13.2 Å². The maximum Gasteiger partial charge on any atom is 0.391 e. The summed E-state index contributed by atoms with van der Waals surface area (Å²) in [6.07, 6.45) is -2.74. The van der Waals surface area contributed by atoms with Crippen molar-refractivity contribution in [2.45, 2.75) is 44.7 Å². The van der Waals surface area contributed by atoms with Crippen LogP contribution in [0.3, 0.4) is 0 Å². The SMILES string of the molecule is COC(=O)CCNC(=O)CC1CCC(C(F)(F)F)CC1. The number of amides is 1. The van der Waals surface area contributed by atoms with Crippen molar-refractivity contribution in [2.24, 2.45) is 11.8 Å². The predicted molar refractivity (Wildman–Crippen MR) is 65.8 cm³/mol. The fraction of sp³-hybridized carbons (Fsp3) is 0.846. The van der Waals surface area contributed by atoms with Crippen LogP contribution in [0, 0.1) is 11.8 Å². The molecule has 0 bridgehead atoms. The number of rotatable bonds is 5. The first-order valence-electron chi connectivity index (χ1n) is 6.73. The summed E-state index contributed by atoms with van der Waals surface area (Å²) in [6, 6.07) is 0. The number of halogens is 3. The second kappa shape index (κ2) is 7.50. The van der Waals surface area contributed by atoms with Crippen LogP contribution in [-0.4, -0.2) is 31.7 Å². The van der Waals surface area contributed by atoms with Gasteiger partial charge in [0.2, 0.25) is 5.91 Å². The molecule has 0 spiro atoms. The highest BCUT2D eigenvalue weighted by Gasteiger charge is 2.41. The van der Waals surface area contributed by atoms with E-state index in [4.69, 9.17) is 0 Å². The number of carbonyl (C=O) groups is 2. The van der Waals surface area contributed by atoms with E-state index in [1.165, 1.54) is 7.11 Å². The van der Waals surface area contributed by atoms with Crippen LogP contribution in [0.4, 0.5) is 13.2 Å². The van der Waals surface area contributed by atoms with Gasteiger partial charge in [-0.15, -0.1) is 0 Å². The molecule has 0 atom stereocenters. The standard InChI is InChI=1S/C13H20F3NO3/c1-20-12(19)6-7-17-11(18)8-9-2-4-10(5-3-9)13(14,15)16/h9-10H,2-8H2,1H3,(H,17,18). The van der Waals surface area contributed by atoms with E-state index < -0.39 is 18.1 Å². The lowest BCUT2D eigenvalue weighted by Gasteiger charge is -2.29. The van der Waals surface area contributed by atoms with Crippen LogP contribution < -0.4 is 5.32 Å². The van der Waals surface area contributed by atoms with E-state index in [0.29, 0.717) is 12.8 Å². The molecule has 116 valence electrons. The predicted octanol–water partition coefficient (Wildman–Crippen LogP) is 2.42. The fourth-order valence-electron chi connectivity index (χ4n) is 2.43. The van der Waals surface area contributed by atoms with Crippen molar-refractivity contribution in [2.75, 3.05) is 13.7 Å². The van der Waals surface area contributed by atoms with Crippen LogP contribution in [0.2, 0.25) is 0 Å². The lowest BCUT2D eigenvalue weighted by atomic mass is 9.80. The number of hydrogen-bond donors (Lipinski definition) is 1. The van der Waals surface area contributed by atoms with Crippen molar-refractivity contribution in [1.82, 2.24) is 5.32 Å². The number of alkyl halides is 3. The zero-order chi connectivity index (χ0) is 15.2. The molecule has 0 aromatic carbocycles. The van der Waals surface area contributed by atoms with Crippen LogP contribution in [0.15, 0.2) is 0 Å². The number of carbonyl (C=O) groups excluding carboxylic acids is 2. The van der Waals surface area contributed by atoms with Crippen molar-refractivity contribution in [3.63, 3.8) is 0 Å². The Morgan fingerprint density at radius 1 is 1.20 bits per heavy atom. The third-order valence-electron chi connectivity index (χ3n) is 3.66. The number of hydrogen-bond acceptors (Lipinski definition) is 3. The Kier molecular flexibility index (Phi) is 6.29. The van der Waals surface area contributed by atoms with Crippen LogP contribution >= 0.6 is 0 Å². The Morgan fingerprint density at radius 2 is 1.80 bits per heavy atom. The Hall–Kier alpha value is -1.27. The Balaban J connectivity index is 2.20. The molecular weight excluding hydrogens is 275 g/mol. The highest BCUT2D eigenvalue weighted by atomic mass is 19.4. The van der Waals surface area contributed by atoms with Crippen molar-refractivity contribution < 1.29 is 27.5 Å². The molecule has 0 aliphatic heterocycles. The lowest BCUT2D eigenvalue weighted by Crippen LogP contribution is -2.31. The first-order valence-corrected chi connectivity index (χ1v) is 6.73. The van der Waals surface area contributed by atoms with E-state index in [2.05, 4.69) is 10.1 Å². The van der Waals surface area contributed by atoms with Crippen molar-refractivity contribution in [3.8, 4) is 0 Å². The quantitative estimate of drug-likeness (QED) is 0.793. The summed E-state index contributed by atoms with van der Waals surface area (Å²) in [7, 11) is 1.27. The average Bonchev–Trinajstić information content (AvgIpc) is 2.38. The van der Waals surface area contributed by atoms with Crippen LogP contribution in [0.5, 0.6) is 0 Å². The van der Waals surface area contributed by atoms with Gasteiger partial charge in [0.25, 0.3) is 0 Å². The third-order valence-corrected chi connectivity index (χ3v) is 3.66. The highest BCUT2D eigenvalue weighted by molar-refractivity contribution is 5.77. The first kappa shape index (κ1) is 16.8. The molecule has 1 aliphatic rings. The average molecular weight is 295 g/mol. The molecule has 0 unspecified atom stereocenters. The number of methoxy groups -OCH3 is 1. The summed E-state index contributed by atoms with van der Waals surface area (Å²) in [4.78, 5) is 22.4. The lowest BCUT2D eigenvalue weighted by molar-refractivity contribution is -0.184. The van der Waals surface area contributed by atoms with Gasteiger partial charge in [-0.1, -0.05) is 0 Å². The summed E-state index contributed by atoms with van der Waals surface area (Å²) in [5.41, 5.74) is 0. The van der Waals surface area contributed by atoms with Gasteiger partial charge >= 0.3 is 12.1 Å². The van der Waals surface area contributed by atoms with Gasteiger partial charge in [-0.3, -0.25) is 9.59 Å². The maximum absolute atomic E-state index is 12.5. The minimum atomic E-state index is -4.12. The summed E-state index contributed by atoms with van der Waals surface area (Å²) in [5.74, 6) is -1.84. The number of ether oxygens (including phenoxy) is 1. The Labute approximate surface area is 116 Å². The number of esters is 1. The molecule has 1 N–H and O–H groups in total. The fourth-order valence-corrected chi connectivity index (χ4v) is 2.43. The molecule has 0 aromatic rings. The van der Waals surface area contributed by atoms with Crippen LogP contribution in [0.25, 0.3) is 0 Å². The van der Waals surface area contributed by atoms with E-state index >= 15 is 0 Å². The van der Waals surface area contributed by atoms with E-state index in [1.807, 2.05) is 0 Å². The zero-order valence-corrected chi connectivity index (χ0v) is 11.5. The second-order valence-corrected chi connectivity index (χ2v) is 5.14. The van der Waals surface area contributed by atoms with E-state index in [9.17, 15) is 22.8 Å². The van der Waals surface area contributed by atoms with Gasteiger partial charge in [-0.25, -0.2) is 0 Å². The molecule has 0 radical (unpaired) electrons. The minimum Gasteiger partial charge on any atom is -0.469 e. The first-order chi connectivity index (χ1) is 9.32. The van der Waals surface area contributed by atoms with E-state index in [-0.39, 0.29) is 44.1 Å². The monoisotopic (exact) mass is 295 g/mol. The molecule has 7 heteroatoms. The Morgan fingerprint density at radius 3 is 2.30 bits per heavy atom. The molecule has 1 saturated carbocycles. The Bertz CT molecular complexity index is 336. The summed E-state index contributed by atoms with van der Waals surface area (Å²) >= 11 is 0. The molecule has 1 fully saturated rings. The van der Waals surface area contributed by atoms with Gasteiger partial charge in [0, 0.05) is 13.0 Å². The van der Waals surface area contributed by atoms with E-state index in [1.54, 1.807) is 0 Å². The van der Waals surface area contributed by atoms with E-state index in [0.717, 1.165) is 0 Å². The van der Waals surface area contributed by atoms with Crippen LogP contribution in [0.1, 0.15) is 38.5 Å². The molecule has 20 heavy (non-hydrogen) atoms. The molecule has 0 aromatic heterocycles. The van der Waals surface area contributed by atoms with Gasteiger partial charge in [0.05, 0.1) is 19.4 Å². The van der Waals surface area contributed by atoms with Gasteiger partial charge in [0.1, 0.15) is 0 Å². The third kappa shape index (κ3) is 5.79. The summed E-state index contributed by atoms with van der Waals surface area (Å²) in [5, 5.41) is 2.57. The van der Waals surface area contributed by atoms with Gasteiger partial charge in [-0.05, 0) is 31.6 Å². The molecule has 1 rings (SSSR count). The molecule has 0 heterocycles. The van der Waals surface area contributed by atoms with Crippen molar-refractivity contribution in [3.05, 3.63) is 0 Å². The van der Waals surface area contributed by atoms with Gasteiger partial charge < -0.3 is 10.1 Å². The minimum absolute atomic E-state index is 0.00623. The van der Waals surface area contributed by atoms with Crippen LogP contribution in [-0.2, 0) is 14.3 Å². The highest BCUT2D eigenvalue weighted by Crippen LogP contribution is 2.40. The van der Waals surface area contributed by atoms with Crippen molar-refractivity contribution >= 4 is 11.9 Å². The smallest absolute Gasteiger partial charge is 0.391 e. The van der Waals surface area contributed by atoms with Crippen molar-refractivity contribution in [1.29, 1.82) is 0 Å². The number of nitrogens with one attached hydrogen (secondary N) is 1. The molecule has 1 aliphatic carbocycles.